The first-order chi connectivity index (χ1) is 9.93. The predicted octanol–water partition coefficient (Wildman–Crippen LogP) is 0.846. The van der Waals surface area contributed by atoms with Crippen LogP contribution in [0.15, 0.2) is 0 Å². The van der Waals surface area contributed by atoms with Gasteiger partial charge in [0.15, 0.2) is 0 Å². The van der Waals surface area contributed by atoms with Gasteiger partial charge in [-0.1, -0.05) is 20.8 Å². The summed E-state index contributed by atoms with van der Waals surface area (Å²) >= 11 is 0. The minimum atomic E-state index is 0.183. The molecule has 0 aromatic rings. The molecule has 0 aromatic heterocycles. The van der Waals surface area contributed by atoms with Crippen LogP contribution >= 0.6 is 0 Å². The van der Waals surface area contributed by atoms with Gasteiger partial charge in [-0.3, -0.25) is 4.79 Å². The van der Waals surface area contributed by atoms with Gasteiger partial charge in [0.2, 0.25) is 5.91 Å². The summed E-state index contributed by atoms with van der Waals surface area (Å²) in [5, 5.41) is 0. The minimum Gasteiger partial charge on any atom is -0.346 e. The summed E-state index contributed by atoms with van der Waals surface area (Å²) in [6.07, 6.45) is 1.51. The number of nitrogens with two attached hydrogens (primary N) is 1. The van der Waals surface area contributed by atoms with Gasteiger partial charge in [-0.25, -0.2) is 0 Å². The number of hydrogen-bond donors (Lipinski definition) is 1. The Balaban J connectivity index is 2.18. The molecule has 21 heavy (non-hydrogen) atoms. The van der Waals surface area contributed by atoms with Crippen molar-refractivity contribution in [1.82, 2.24) is 14.7 Å². The molecule has 1 unspecified atom stereocenters. The van der Waals surface area contributed by atoms with Crippen LogP contribution < -0.4 is 5.73 Å². The molecule has 2 N–H and O–H groups in total. The fraction of sp³-hybridized carbons (Fsp3) is 0.938. The van der Waals surface area contributed by atoms with Crippen molar-refractivity contribution in [2.75, 3.05) is 52.9 Å². The van der Waals surface area contributed by atoms with Gasteiger partial charge in [0.25, 0.3) is 0 Å². The Bertz CT molecular complexity index is 301. The zero-order chi connectivity index (χ0) is 15.8. The van der Waals surface area contributed by atoms with Crippen molar-refractivity contribution in [3.05, 3.63) is 0 Å². The average molecular weight is 298 g/mol. The van der Waals surface area contributed by atoms with Gasteiger partial charge in [0, 0.05) is 58.8 Å². The van der Waals surface area contributed by atoms with E-state index >= 15 is 0 Å². The van der Waals surface area contributed by atoms with Gasteiger partial charge in [0.1, 0.15) is 0 Å². The molecule has 5 heteroatoms. The van der Waals surface area contributed by atoms with E-state index in [9.17, 15) is 4.79 Å². The monoisotopic (exact) mass is 298 g/mol. The Morgan fingerprint density at radius 3 is 2.29 bits per heavy atom. The first-order valence-corrected chi connectivity index (χ1v) is 8.38. The zero-order valence-electron chi connectivity index (χ0n) is 14.3. The fourth-order valence-corrected chi connectivity index (χ4v) is 2.57. The molecule has 5 nitrogen and oxygen atoms in total. The van der Waals surface area contributed by atoms with Crippen molar-refractivity contribution in [3.63, 3.8) is 0 Å². The minimum absolute atomic E-state index is 0.183. The number of carbonyl (C=O) groups is 1. The topological polar surface area (TPSA) is 52.8 Å². The molecule has 0 aliphatic carbocycles. The molecule has 0 aromatic carbocycles. The quantitative estimate of drug-likeness (QED) is 0.722. The third kappa shape index (κ3) is 6.76. The SMILES string of the molecule is CCN1CCN(CCC(=O)N(C)CCC(N)C(C)C)CC1. The fourth-order valence-electron chi connectivity index (χ4n) is 2.57. The number of piperazine rings is 1. The van der Waals surface area contributed by atoms with Gasteiger partial charge in [-0.2, -0.15) is 0 Å². The first kappa shape index (κ1) is 18.4. The number of hydrogen-bond acceptors (Lipinski definition) is 4. The zero-order valence-corrected chi connectivity index (χ0v) is 14.3. The van der Waals surface area contributed by atoms with Crippen LogP contribution in [0.4, 0.5) is 0 Å². The van der Waals surface area contributed by atoms with E-state index in [0.717, 1.165) is 52.2 Å². The Morgan fingerprint density at radius 1 is 1.19 bits per heavy atom. The van der Waals surface area contributed by atoms with Crippen molar-refractivity contribution < 1.29 is 4.79 Å². The highest BCUT2D eigenvalue weighted by Crippen LogP contribution is 2.06. The molecule has 1 amide bonds. The van der Waals surface area contributed by atoms with E-state index in [0.29, 0.717) is 12.3 Å². The van der Waals surface area contributed by atoms with Crippen LogP contribution in [0.2, 0.25) is 0 Å². The van der Waals surface area contributed by atoms with Crippen molar-refractivity contribution >= 4 is 5.91 Å². The lowest BCUT2D eigenvalue weighted by molar-refractivity contribution is -0.130. The number of amides is 1. The van der Waals surface area contributed by atoms with Crippen molar-refractivity contribution in [3.8, 4) is 0 Å². The smallest absolute Gasteiger partial charge is 0.223 e. The maximum Gasteiger partial charge on any atom is 0.223 e. The Labute approximate surface area is 130 Å². The Morgan fingerprint density at radius 2 is 1.76 bits per heavy atom. The molecule has 1 aliphatic heterocycles. The lowest BCUT2D eigenvalue weighted by atomic mass is 10.0. The number of carbonyl (C=O) groups excluding carboxylic acids is 1. The Hall–Kier alpha value is -0.650. The average Bonchev–Trinajstić information content (AvgIpc) is 2.50. The first-order valence-electron chi connectivity index (χ1n) is 8.38. The van der Waals surface area contributed by atoms with E-state index in [1.807, 2.05) is 11.9 Å². The third-order valence-electron chi connectivity index (χ3n) is 4.63. The molecular weight excluding hydrogens is 264 g/mol. The molecule has 1 fully saturated rings. The van der Waals surface area contributed by atoms with Gasteiger partial charge in [0.05, 0.1) is 0 Å². The standard InChI is InChI=1S/C16H34N4O/c1-5-19-10-12-20(13-11-19)9-7-16(21)18(4)8-6-15(17)14(2)3/h14-15H,5-13,17H2,1-4H3. The summed E-state index contributed by atoms with van der Waals surface area (Å²) < 4.78 is 0. The maximum absolute atomic E-state index is 12.1. The molecule has 1 heterocycles. The number of nitrogens with zero attached hydrogens (tertiary/aromatic N) is 3. The highest BCUT2D eigenvalue weighted by atomic mass is 16.2. The van der Waals surface area contributed by atoms with Crippen LogP contribution in [0.5, 0.6) is 0 Å². The predicted molar refractivity (Wildman–Crippen MR) is 88.2 cm³/mol. The molecule has 0 saturated carbocycles. The number of rotatable bonds is 8. The molecule has 1 atom stereocenters. The van der Waals surface area contributed by atoms with Crippen LogP contribution in [0.25, 0.3) is 0 Å². The third-order valence-corrected chi connectivity index (χ3v) is 4.63. The second kappa shape index (κ2) is 9.38. The lowest BCUT2D eigenvalue weighted by Crippen LogP contribution is -2.47. The van der Waals surface area contributed by atoms with Crippen LogP contribution in [-0.4, -0.2) is 79.5 Å². The highest BCUT2D eigenvalue weighted by Gasteiger charge is 2.17. The van der Waals surface area contributed by atoms with E-state index in [-0.39, 0.29) is 11.9 Å². The van der Waals surface area contributed by atoms with Crippen molar-refractivity contribution in [2.24, 2.45) is 11.7 Å². The molecule has 124 valence electrons. The second-order valence-electron chi connectivity index (χ2n) is 6.54. The van der Waals surface area contributed by atoms with E-state index < -0.39 is 0 Å². The maximum atomic E-state index is 12.1. The van der Waals surface area contributed by atoms with Crippen LogP contribution in [0.3, 0.4) is 0 Å². The molecule has 0 spiro atoms. The van der Waals surface area contributed by atoms with E-state index in [4.69, 9.17) is 5.73 Å². The van der Waals surface area contributed by atoms with E-state index in [1.165, 1.54) is 0 Å². The molecule has 1 rings (SSSR count). The Kier molecular flexibility index (Phi) is 8.22. The molecular formula is C16H34N4O. The van der Waals surface area contributed by atoms with Gasteiger partial charge >= 0.3 is 0 Å². The van der Waals surface area contributed by atoms with Crippen LogP contribution in [0.1, 0.15) is 33.6 Å². The highest BCUT2D eigenvalue weighted by molar-refractivity contribution is 5.76. The van der Waals surface area contributed by atoms with Gasteiger partial charge < -0.3 is 20.4 Å². The summed E-state index contributed by atoms with van der Waals surface area (Å²) in [4.78, 5) is 18.8. The van der Waals surface area contributed by atoms with Gasteiger partial charge in [-0.15, -0.1) is 0 Å². The molecule has 0 radical (unpaired) electrons. The summed E-state index contributed by atoms with van der Waals surface area (Å²) in [5.74, 6) is 0.715. The van der Waals surface area contributed by atoms with Crippen molar-refractivity contribution in [1.29, 1.82) is 0 Å². The molecule has 1 saturated heterocycles. The number of likely N-dealkylation sites (N-methyl/N-ethyl adjacent to an activating group) is 1. The summed E-state index contributed by atoms with van der Waals surface area (Å²) in [6.45, 7) is 13.7. The van der Waals surface area contributed by atoms with Gasteiger partial charge in [-0.05, 0) is 18.9 Å². The largest absolute Gasteiger partial charge is 0.346 e. The van der Waals surface area contributed by atoms with E-state index in [2.05, 4.69) is 30.6 Å². The van der Waals surface area contributed by atoms with E-state index in [1.54, 1.807) is 0 Å². The molecule has 1 aliphatic rings. The van der Waals surface area contributed by atoms with Crippen LogP contribution in [0, 0.1) is 5.92 Å². The molecule has 0 bridgehead atoms. The normalized spacial score (nSPS) is 19.0. The summed E-state index contributed by atoms with van der Waals surface area (Å²) in [7, 11) is 1.89. The lowest BCUT2D eigenvalue weighted by Gasteiger charge is -2.34. The summed E-state index contributed by atoms with van der Waals surface area (Å²) in [5.41, 5.74) is 6.03. The van der Waals surface area contributed by atoms with Crippen molar-refractivity contribution in [2.45, 2.75) is 39.7 Å². The van der Waals surface area contributed by atoms with Crippen LogP contribution in [-0.2, 0) is 4.79 Å². The second-order valence-corrected chi connectivity index (χ2v) is 6.54. The summed E-state index contributed by atoms with van der Waals surface area (Å²) in [6, 6.07) is 0.183.